The summed E-state index contributed by atoms with van der Waals surface area (Å²) in [6.45, 7) is 0.752. The number of hydrogen-bond donors (Lipinski definition) is 0. The molecule has 27 heavy (non-hydrogen) atoms. The van der Waals surface area contributed by atoms with Gasteiger partial charge in [0.1, 0.15) is 10.7 Å². The number of thiophene rings is 1. The van der Waals surface area contributed by atoms with Crippen LogP contribution in [0.25, 0.3) is 10.2 Å². The molecule has 1 aromatic carbocycles. The van der Waals surface area contributed by atoms with Crippen molar-refractivity contribution in [2.24, 2.45) is 0 Å². The van der Waals surface area contributed by atoms with Crippen LogP contribution in [-0.4, -0.2) is 20.6 Å². The Labute approximate surface area is 165 Å². The fourth-order valence-electron chi connectivity index (χ4n) is 4.10. The van der Waals surface area contributed by atoms with E-state index in [0.29, 0.717) is 5.39 Å². The Hall–Kier alpha value is -1.92. The van der Waals surface area contributed by atoms with Gasteiger partial charge in [-0.05, 0) is 43.4 Å². The SMILES string of the molecule is O=C1c2sc3nc4n(c(=O)c3c2CC[C@@H]1Sc1ccccc1)CCCCC4. The number of aryl methyl sites for hydroxylation is 2. The Morgan fingerprint density at radius 1 is 1.07 bits per heavy atom. The number of rotatable bonds is 2. The maximum absolute atomic E-state index is 13.2. The van der Waals surface area contributed by atoms with E-state index in [4.69, 9.17) is 4.98 Å². The first-order valence-corrected chi connectivity index (χ1v) is 11.2. The fourth-order valence-corrected chi connectivity index (χ4v) is 6.50. The molecule has 0 N–H and O–H groups in total. The standard InChI is InChI=1S/C21H20N2O2S2/c24-18-15(26-13-7-3-1-4-8-13)11-10-14-17-20(27-19(14)18)22-16-9-5-2-6-12-23(16)21(17)25/h1,3-4,7-8,15H,2,5-6,9-12H2/t15-/m0/s1. The molecule has 4 nitrogen and oxygen atoms in total. The van der Waals surface area contributed by atoms with Crippen LogP contribution in [0.2, 0.25) is 0 Å². The summed E-state index contributed by atoms with van der Waals surface area (Å²) in [6.07, 6.45) is 5.67. The topological polar surface area (TPSA) is 52.0 Å². The number of benzene rings is 1. The van der Waals surface area contributed by atoms with Crippen LogP contribution in [0, 0.1) is 0 Å². The first kappa shape index (κ1) is 17.2. The molecular formula is C21H20N2O2S2. The van der Waals surface area contributed by atoms with Gasteiger partial charge < -0.3 is 0 Å². The lowest BCUT2D eigenvalue weighted by atomic mass is 9.95. The van der Waals surface area contributed by atoms with Crippen LogP contribution < -0.4 is 5.56 Å². The summed E-state index contributed by atoms with van der Waals surface area (Å²) < 4.78 is 1.86. The van der Waals surface area contributed by atoms with E-state index in [9.17, 15) is 9.59 Å². The predicted molar refractivity (Wildman–Crippen MR) is 110 cm³/mol. The second-order valence-corrected chi connectivity index (χ2v) is 9.48. The van der Waals surface area contributed by atoms with Crippen molar-refractivity contribution in [2.75, 3.05) is 0 Å². The van der Waals surface area contributed by atoms with E-state index < -0.39 is 0 Å². The van der Waals surface area contributed by atoms with Gasteiger partial charge in [0, 0.05) is 17.9 Å². The molecule has 6 heteroatoms. The number of fused-ring (bicyclic) bond motifs is 4. The van der Waals surface area contributed by atoms with Gasteiger partial charge in [-0.15, -0.1) is 23.1 Å². The zero-order valence-electron chi connectivity index (χ0n) is 14.9. The highest BCUT2D eigenvalue weighted by Gasteiger charge is 2.33. The second-order valence-electron chi connectivity index (χ2n) is 7.21. The third-order valence-corrected chi connectivity index (χ3v) is 7.89. The fraction of sp³-hybridized carbons (Fsp3) is 0.381. The molecule has 0 amide bonds. The first-order chi connectivity index (χ1) is 13.2. The normalized spacial score (nSPS) is 19.6. The Kier molecular flexibility index (Phi) is 4.40. The molecule has 3 heterocycles. The second kappa shape index (κ2) is 6.91. The van der Waals surface area contributed by atoms with Crippen molar-refractivity contribution < 1.29 is 4.79 Å². The molecule has 0 radical (unpaired) electrons. The molecule has 3 aromatic rings. The van der Waals surface area contributed by atoms with Crippen LogP contribution in [-0.2, 0) is 19.4 Å². The zero-order chi connectivity index (χ0) is 18.4. The third-order valence-electron chi connectivity index (χ3n) is 5.47. The van der Waals surface area contributed by atoms with Gasteiger partial charge in [0.05, 0.1) is 15.5 Å². The molecule has 1 aliphatic carbocycles. The molecule has 0 bridgehead atoms. The van der Waals surface area contributed by atoms with Gasteiger partial charge in [0.2, 0.25) is 0 Å². The van der Waals surface area contributed by atoms with E-state index in [-0.39, 0.29) is 16.6 Å². The van der Waals surface area contributed by atoms with Crippen molar-refractivity contribution in [1.29, 1.82) is 0 Å². The van der Waals surface area contributed by atoms with Crippen molar-refractivity contribution in [1.82, 2.24) is 9.55 Å². The maximum atomic E-state index is 13.2. The van der Waals surface area contributed by atoms with Gasteiger partial charge in [-0.3, -0.25) is 14.2 Å². The molecular weight excluding hydrogens is 376 g/mol. The average molecular weight is 397 g/mol. The number of hydrogen-bond acceptors (Lipinski definition) is 5. The zero-order valence-corrected chi connectivity index (χ0v) is 16.6. The molecule has 1 atom stereocenters. The molecule has 0 unspecified atom stereocenters. The van der Waals surface area contributed by atoms with Gasteiger partial charge >= 0.3 is 0 Å². The summed E-state index contributed by atoms with van der Waals surface area (Å²) in [5, 5.41) is 0.630. The highest BCUT2D eigenvalue weighted by atomic mass is 32.2. The molecule has 138 valence electrons. The van der Waals surface area contributed by atoms with E-state index >= 15 is 0 Å². The number of thioether (sulfide) groups is 1. The molecule has 5 rings (SSSR count). The highest BCUT2D eigenvalue weighted by molar-refractivity contribution is 8.00. The van der Waals surface area contributed by atoms with E-state index in [2.05, 4.69) is 0 Å². The molecule has 2 aliphatic rings. The van der Waals surface area contributed by atoms with E-state index in [1.54, 1.807) is 11.8 Å². The van der Waals surface area contributed by atoms with Crippen molar-refractivity contribution >= 4 is 39.1 Å². The van der Waals surface area contributed by atoms with E-state index in [1.165, 1.54) is 11.3 Å². The van der Waals surface area contributed by atoms with Crippen LogP contribution in [0.1, 0.15) is 46.7 Å². The lowest BCUT2D eigenvalue weighted by molar-refractivity contribution is 0.0984. The van der Waals surface area contributed by atoms with Crippen molar-refractivity contribution in [3.05, 3.63) is 57.0 Å². The van der Waals surface area contributed by atoms with Crippen LogP contribution in [0.4, 0.5) is 0 Å². The molecule has 0 fully saturated rings. The van der Waals surface area contributed by atoms with Crippen molar-refractivity contribution in [3.63, 3.8) is 0 Å². The lowest BCUT2D eigenvalue weighted by Crippen LogP contribution is -2.27. The number of aromatic nitrogens is 2. The largest absolute Gasteiger partial charge is 0.296 e. The summed E-state index contributed by atoms with van der Waals surface area (Å²) in [6, 6.07) is 10.1. The average Bonchev–Trinajstić information content (AvgIpc) is 2.89. The monoisotopic (exact) mass is 396 g/mol. The number of nitrogens with zero attached hydrogens (tertiary/aromatic N) is 2. The maximum Gasteiger partial charge on any atom is 0.262 e. The number of Topliss-reactive ketones (excluding diaryl/α,β-unsaturated/α-hetero) is 1. The predicted octanol–water partition coefficient (Wildman–Crippen LogP) is 4.47. The van der Waals surface area contributed by atoms with Crippen LogP contribution in [0.15, 0.2) is 40.0 Å². The minimum Gasteiger partial charge on any atom is -0.296 e. The summed E-state index contributed by atoms with van der Waals surface area (Å²) in [7, 11) is 0. The van der Waals surface area contributed by atoms with Gasteiger partial charge in [-0.2, -0.15) is 0 Å². The van der Waals surface area contributed by atoms with Crippen molar-refractivity contribution in [3.8, 4) is 0 Å². The summed E-state index contributed by atoms with van der Waals surface area (Å²) in [4.78, 5) is 33.7. The summed E-state index contributed by atoms with van der Waals surface area (Å²) >= 11 is 3.06. The Balaban J connectivity index is 1.56. The molecule has 0 saturated heterocycles. The van der Waals surface area contributed by atoms with E-state index in [0.717, 1.165) is 71.1 Å². The van der Waals surface area contributed by atoms with E-state index in [1.807, 2.05) is 34.9 Å². The Morgan fingerprint density at radius 3 is 2.78 bits per heavy atom. The van der Waals surface area contributed by atoms with Crippen LogP contribution in [0.5, 0.6) is 0 Å². The minimum atomic E-state index is -0.0754. The van der Waals surface area contributed by atoms with Gasteiger partial charge in [0.15, 0.2) is 5.78 Å². The number of ketones is 1. The first-order valence-electron chi connectivity index (χ1n) is 9.53. The Bertz CT molecular complexity index is 1080. The smallest absolute Gasteiger partial charge is 0.262 e. The van der Waals surface area contributed by atoms with Crippen LogP contribution >= 0.6 is 23.1 Å². The minimum absolute atomic E-state index is 0.0661. The van der Waals surface area contributed by atoms with Gasteiger partial charge in [-0.1, -0.05) is 24.6 Å². The summed E-state index contributed by atoms with van der Waals surface area (Å²) in [5.74, 6) is 1.05. The number of carbonyl (C=O) groups excluding carboxylic acids is 1. The Morgan fingerprint density at radius 2 is 1.93 bits per heavy atom. The van der Waals surface area contributed by atoms with Crippen molar-refractivity contribution in [2.45, 2.75) is 55.2 Å². The van der Waals surface area contributed by atoms with Crippen LogP contribution in [0.3, 0.4) is 0 Å². The molecule has 0 spiro atoms. The summed E-state index contributed by atoms with van der Waals surface area (Å²) in [5.41, 5.74) is 1.01. The number of carbonyl (C=O) groups is 1. The molecule has 2 aromatic heterocycles. The van der Waals surface area contributed by atoms with Gasteiger partial charge in [-0.25, -0.2) is 4.98 Å². The molecule has 0 saturated carbocycles. The van der Waals surface area contributed by atoms with Gasteiger partial charge in [0.25, 0.3) is 5.56 Å². The quantitative estimate of drug-likeness (QED) is 0.641. The highest BCUT2D eigenvalue weighted by Crippen LogP contribution is 2.39. The lowest BCUT2D eigenvalue weighted by Gasteiger charge is -2.20. The molecule has 1 aliphatic heterocycles. The third kappa shape index (κ3) is 2.95.